The van der Waals surface area contributed by atoms with Crippen LogP contribution in [-0.4, -0.2) is 26.4 Å². The van der Waals surface area contributed by atoms with Crippen molar-refractivity contribution in [2.75, 3.05) is 13.4 Å². The number of aromatic nitrogens is 1. The van der Waals surface area contributed by atoms with Crippen LogP contribution in [0.5, 0.6) is 5.75 Å². The van der Waals surface area contributed by atoms with E-state index in [0.717, 1.165) is 23.7 Å². The molecule has 0 fully saturated rings. The summed E-state index contributed by atoms with van der Waals surface area (Å²) in [6.45, 7) is 0. The van der Waals surface area contributed by atoms with Crippen molar-refractivity contribution in [3.8, 4) is 22.7 Å². The fraction of sp³-hybridized carbons (Fsp3) is 0.118. The standard InChI is InChI=1S/C17H12ClF2NO4S2/c1-25-15-5-9(3-4-11(15)18)21-14(8-26-17(21)22)10-6-13(20)16(7-12(10)19)27(2,23)24/h3-8H,1-2H3. The highest BCUT2D eigenvalue weighted by atomic mass is 35.5. The molecule has 0 amide bonds. The summed E-state index contributed by atoms with van der Waals surface area (Å²) >= 11 is 6.77. The van der Waals surface area contributed by atoms with E-state index in [1.807, 2.05) is 0 Å². The number of halogens is 3. The van der Waals surface area contributed by atoms with E-state index >= 15 is 0 Å². The van der Waals surface area contributed by atoms with Crippen LogP contribution in [0.2, 0.25) is 5.02 Å². The Morgan fingerprint density at radius 1 is 1.15 bits per heavy atom. The topological polar surface area (TPSA) is 65.4 Å². The largest absolute Gasteiger partial charge is 0.495 e. The van der Waals surface area contributed by atoms with Crippen molar-refractivity contribution in [1.82, 2.24) is 4.57 Å². The lowest BCUT2D eigenvalue weighted by Gasteiger charge is -2.12. The Morgan fingerprint density at radius 3 is 2.48 bits per heavy atom. The van der Waals surface area contributed by atoms with E-state index in [2.05, 4.69) is 0 Å². The van der Waals surface area contributed by atoms with Gasteiger partial charge in [-0.15, -0.1) is 0 Å². The van der Waals surface area contributed by atoms with Crippen LogP contribution in [0.3, 0.4) is 0 Å². The zero-order valence-corrected chi connectivity index (χ0v) is 16.4. The normalized spacial score (nSPS) is 11.6. The molecule has 5 nitrogen and oxygen atoms in total. The molecular weight excluding hydrogens is 420 g/mol. The Bertz CT molecular complexity index is 1200. The van der Waals surface area contributed by atoms with E-state index in [9.17, 15) is 22.0 Å². The first kappa shape index (κ1) is 19.5. The van der Waals surface area contributed by atoms with Crippen molar-refractivity contribution in [2.24, 2.45) is 0 Å². The van der Waals surface area contributed by atoms with E-state index in [1.165, 1.54) is 35.3 Å². The van der Waals surface area contributed by atoms with Gasteiger partial charge in [0.25, 0.3) is 0 Å². The van der Waals surface area contributed by atoms with Gasteiger partial charge in [0.15, 0.2) is 9.84 Å². The number of rotatable bonds is 4. The van der Waals surface area contributed by atoms with E-state index in [-0.39, 0.29) is 11.3 Å². The van der Waals surface area contributed by atoms with E-state index < -0.39 is 31.2 Å². The summed E-state index contributed by atoms with van der Waals surface area (Å²) in [6.07, 6.45) is 0.783. The minimum atomic E-state index is -3.94. The highest BCUT2D eigenvalue weighted by Gasteiger charge is 2.21. The highest BCUT2D eigenvalue weighted by molar-refractivity contribution is 7.90. The predicted octanol–water partition coefficient (Wildman–Crippen LogP) is 3.91. The van der Waals surface area contributed by atoms with Gasteiger partial charge in [-0.2, -0.15) is 0 Å². The fourth-order valence-electron chi connectivity index (χ4n) is 2.53. The highest BCUT2D eigenvalue weighted by Crippen LogP contribution is 2.32. The second-order valence-electron chi connectivity index (χ2n) is 5.58. The van der Waals surface area contributed by atoms with Gasteiger partial charge in [-0.1, -0.05) is 22.9 Å². The first-order valence-electron chi connectivity index (χ1n) is 7.37. The van der Waals surface area contributed by atoms with Crippen LogP contribution in [0.1, 0.15) is 0 Å². The molecule has 0 aliphatic rings. The van der Waals surface area contributed by atoms with Gasteiger partial charge < -0.3 is 4.74 Å². The molecule has 142 valence electrons. The number of benzene rings is 2. The first-order valence-corrected chi connectivity index (χ1v) is 10.5. The Kier molecular flexibility index (Phi) is 5.11. The molecule has 0 unspecified atom stereocenters. The molecule has 0 bridgehead atoms. The molecule has 1 heterocycles. The van der Waals surface area contributed by atoms with Crippen LogP contribution in [-0.2, 0) is 9.84 Å². The van der Waals surface area contributed by atoms with Crippen LogP contribution in [0.4, 0.5) is 8.78 Å². The summed E-state index contributed by atoms with van der Waals surface area (Å²) in [5.74, 6) is -1.77. The molecule has 1 aromatic heterocycles. The molecular formula is C17H12ClF2NO4S2. The second kappa shape index (κ2) is 7.06. The average molecular weight is 432 g/mol. The SMILES string of the molecule is COc1cc(-n2c(-c3cc(F)c(S(C)(=O)=O)cc3F)csc2=O)ccc1Cl. The van der Waals surface area contributed by atoms with Crippen molar-refractivity contribution >= 4 is 32.8 Å². The van der Waals surface area contributed by atoms with Crippen molar-refractivity contribution < 1.29 is 21.9 Å². The van der Waals surface area contributed by atoms with Crippen LogP contribution >= 0.6 is 22.9 Å². The van der Waals surface area contributed by atoms with Crippen LogP contribution in [0.25, 0.3) is 16.9 Å². The minimum Gasteiger partial charge on any atom is -0.495 e. The van der Waals surface area contributed by atoms with E-state index in [1.54, 1.807) is 0 Å². The van der Waals surface area contributed by atoms with Crippen LogP contribution < -0.4 is 9.61 Å². The van der Waals surface area contributed by atoms with Crippen LogP contribution in [0, 0.1) is 11.6 Å². The molecule has 0 radical (unpaired) electrons. The van der Waals surface area contributed by atoms with E-state index in [4.69, 9.17) is 16.3 Å². The number of ether oxygens (including phenoxy) is 1. The molecule has 0 aliphatic carbocycles. The average Bonchev–Trinajstić information content (AvgIpc) is 2.97. The quantitative estimate of drug-likeness (QED) is 0.628. The lowest BCUT2D eigenvalue weighted by molar-refractivity contribution is 0.415. The number of thiazole rings is 1. The number of hydrogen-bond donors (Lipinski definition) is 0. The van der Waals surface area contributed by atoms with Crippen molar-refractivity contribution in [1.29, 1.82) is 0 Å². The van der Waals surface area contributed by atoms with Gasteiger partial charge in [-0.05, 0) is 24.3 Å². The summed E-state index contributed by atoms with van der Waals surface area (Å²) in [5, 5.41) is 1.68. The summed E-state index contributed by atoms with van der Waals surface area (Å²) in [5.41, 5.74) is 0.169. The second-order valence-corrected chi connectivity index (χ2v) is 8.79. The molecule has 0 spiro atoms. The molecule has 0 saturated heterocycles. The third-order valence-electron chi connectivity index (χ3n) is 3.78. The first-order chi connectivity index (χ1) is 12.6. The Hall–Kier alpha value is -2.23. The summed E-state index contributed by atoms with van der Waals surface area (Å²) in [7, 11) is -2.53. The predicted molar refractivity (Wildman–Crippen MR) is 99.9 cm³/mol. The van der Waals surface area contributed by atoms with Crippen molar-refractivity contribution in [3.63, 3.8) is 0 Å². The van der Waals surface area contributed by atoms with Crippen LogP contribution in [0.15, 0.2) is 45.4 Å². The van der Waals surface area contributed by atoms with Gasteiger partial charge in [0.05, 0.1) is 23.5 Å². The minimum absolute atomic E-state index is 0.0748. The Balaban J connectivity index is 2.25. The molecule has 2 aromatic carbocycles. The lowest BCUT2D eigenvalue weighted by atomic mass is 10.1. The molecule has 0 saturated carbocycles. The van der Waals surface area contributed by atoms with Gasteiger partial charge in [-0.3, -0.25) is 9.36 Å². The number of nitrogens with zero attached hydrogens (tertiary/aromatic N) is 1. The van der Waals surface area contributed by atoms with Gasteiger partial charge >= 0.3 is 4.87 Å². The maximum atomic E-state index is 14.6. The third-order valence-corrected chi connectivity index (χ3v) is 5.93. The Morgan fingerprint density at radius 2 is 1.85 bits per heavy atom. The number of hydrogen-bond acceptors (Lipinski definition) is 5. The third kappa shape index (κ3) is 3.62. The monoisotopic (exact) mass is 431 g/mol. The summed E-state index contributed by atoms with van der Waals surface area (Å²) < 4.78 is 58.2. The zero-order chi connectivity index (χ0) is 19.9. The smallest absolute Gasteiger partial charge is 0.312 e. The number of methoxy groups -OCH3 is 1. The Labute approximate surface area is 162 Å². The maximum Gasteiger partial charge on any atom is 0.312 e. The lowest BCUT2D eigenvalue weighted by Crippen LogP contribution is -2.13. The van der Waals surface area contributed by atoms with Gasteiger partial charge in [0.2, 0.25) is 0 Å². The zero-order valence-electron chi connectivity index (χ0n) is 14.0. The molecule has 0 aliphatic heterocycles. The van der Waals surface area contributed by atoms with Crippen molar-refractivity contribution in [3.05, 3.63) is 62.0 Å². The van der Waals surface area contributed by atoms with Gasteiger partial charge in [-0.25, -0.2) is 17.2 Å². The molecule has 3 aromatic rings. The number of sulfone groups is 1. The van der Waals surface area contributed by atoms with Crippen molar-refractivity contribution in [2.45, 2.75) is 4.90 Å². The molecule has 10 heteroatoms. The fourth-order valence-corrected chi connectivity index (χ4v) is 4.21. The molecule has 0 atom stereocenters. The van der Waals surface area contributed by atoms with E-state index in [0.29, 0.717) is 22.5 Å². The molecule has 0 N–H and O–H groups in total. The van der Waals surface area contributed by atoms with Gasteiger partial charge in [0, 0.05) is 23.3 Å². The summed E-state index contributed by atoms with van der Waals surface area (Å²) in [6, 6.07) is 5.89. The molecule has 27 heavy (non-hydrogen) atoms. The maximum absolute atomic E-state index is 14.6. The molecule has 3 rings (SSSR count). The van der Waals surface area contributed by atoms with Gasteiger partial charge in [0.1, 0.15) is 22.3 Å². The summed E-state index contributed by atoms with van der Waals surface area (Å²) in [4.78, 5) is 11.1.